The van der Waals surface area contributed by atoms with Crippen LogP contribution in [0.5, 0.6) is 11.5 Å². The minimum absolute atomic E-state index is 0.217. The van der Waals surface area contributed by atoms with Crippen LogP contribution < -0.4 is 9.47 Å². The van der Waals surface area contributed by atoms with Crippen LogP contribution >= 0.6 is 11.8 Å². The summed E-state index contributed by atoms with van der Waals surface area (Å²) >= 11 is 0.924. The highest BCUT2D eigenvalue weighted by Crippen LogP contribution is 2.34. The van der Waals surface area contributed by atoms with Gasteiger partial charge in [0.25, 0.3) is 11.1 Å². The maximum atomic E-state index is 12.2. The molecule has 1 aliphatic rings. The first-order valence-corrected chi connectivity index (χ1v) is 7.59. The molecule has 1 aromatic rings. The van der Waals surface area contributed by atoms with Crippen LogP contribution in [0.1, 0.15) is 12.5 Å². The average Bonchev–Trinajstić information content (AvgIpc) is 2.76. The molecule has 0 spiro atoms. The zero-order valence-electron chi connectivity index (χ0n) is 12.5. The number of amides is 2. The minimum Gasteiger partial charge on any atom is -0.493 e. The Labute approximate surface area is 133 Å². The van der Waals surface area contributed by atoms with Gasteiger partial charge in [-0.25, -0.2) is 0 Å². The summed E-state index contributed by atoms with van der Waals surface area (Å²) in [5.74, 6) is 0.923. The van der Waals surface area contributed by atoms with E-state index in [1.165, 1.54) is 6.08 Å². The van der Waals surface area contributed by atoms with E-state index in [-0.39, 0.29) is 17.7 Å². The second kappa shape index (κ2) is 7.17. The maximum absolute atomic E-state index is 12.2. The third kappa shape index (κ3) is 3.33. The topological polar surface area (TPSA) is 55.8 Å². The third-order valence-electron chi connectivity index (χ3n) is 2.97. The molecule has 0 aliphatic carbocycles. The molecular formula is C16H17NO4S. The van der Waals surface area contributed by atoms with Crippen molar-refractivity contribution >= 4 is 29.0 Å². The molecule has 0 atom stereocenters. The van der Waals surface area contributed by atoms with Gasteiger partial charge in [-0.15, -0.1) is 6.58 Å². The first-order chi connectivity index (χ1) is 10.6. The van der Waals surface area contributed by atoms with Gasteiger partial charge < -0.3 is 9.47 Å². The van der Waals surface area contributed by atoms with Crippen molar-refractivity contribution in [2.45, 2.75) is 6.92 Å². The number of hydrogen-bond donors (Lipinski definition) is 0. The van der Waals surface area contributed by atoms with Crippen LogP contribution in [0.3, 0.4) is 0 Å². The summed E-state index contributed by atoms with van der Waals surface area (Å²) in [6, 6.07) is 5.36. The van der Waals surface area contributed by atoms with Crippen LogP contribution in [-0.4, -0.2) is 36.3 Å². The number of methoxy groups -OCH3 is 1. The van der Waals surface area contributed by atoms with Gasteiger partial charge in [0, 0.05) is 6.54 Å². The number of benzene rings is 1. The van der Waals surface area contributed by atoms with Crippen molar-refractivity contribution in [3.05, 3.63) is 41.3 Å². The predicted molar refractivity (Wildman–Crippen MR) is 87.0 cm³/mol. The second-order valence-corrected chi connectivity index (χ2v) is 5.42. The summed E-state index contributed by atoms with van der Waals surface area (Å²) in [4.78, 5) is 25.5. The monoisotopic (exact) mass is 319 g/mol. The molecule has 1 aromatic carbocycles. The number of nitrogens with zero attached hydrogens (tertiary/aromatic N) is 1. The first kappa shape index (κ1) is 16.2. The molecule has 1 aliphatic heterocycles. The molecule has 2 rings (SSSR count). The van der Waals surface area contributed by atoms with Gasteiger partial charge in [-0.05, 0) is 42.5 Å². The molecule has 116 valence electrons. The summed E-state index contributed by atoms with van der Waals surface area (Å²) in [6.45, 7) is 6.16. The smallest absolute Gasteiger partial charge is 0.293 e. The lowest BCUT2D eigenvalue weighted by Crippen LogP contribution is -2.27. The molecule has 2 amide bonds. The zero-order chi connectivity index (χ0) is 16.1. The third-order valence-corrected chi connectivity index (χ3v) is 3.88. The van der Waals surface area contributed by atoms with E-state index in [0.29, 0.717) is 23.0 Å². The van der Waals surface area contributed by atoms with Crippen LogP contribution in [0.2, 0.25) is 0 Å². The Morgan fingerprint density at radius 1 is 1.32 bits per heavy atom. The number of ether oxygens (including phenoxy) is 2. The standard InChI is InChI=1S/C16H17NO4S/c1-4-8-17-15(18)14(22-16(17)19)10-11-6-7-12(20-3)13(9-11)21-5-2/h4,6-7,9-10H,1,5,8H2,2-3H3. The van der Waals surface area contributed by atoms with E-state index in [1.807, 2.05) is 13.0 Å². The van der Waals surface area contributed by atoms with Crippen LogP contribution in [0, 0.1) is 0 Å². The van der Waals surface area contributed by atoms with Crippen molar-refractivity contribution in [1.82, 2.24) is 4.90 Å². The Hall–Kier alpha value is -2.21. The molecule has 1 saturated heterocycles. The van der Waals surface area contributed by atoms with Crippen LogP contribution in [0.4, 0.5) is 4.79 Å². The van der Waals surface area contributed by atoms with Crippen LogP contribution in [-0.2, 0) is 4.79 Å². The lowest BCUT2D eigenvalue weighted by atomic mass is 10.2. The number of rotatable bonds is 6. The number of thioether (sulfide) groups is 1. The molecule has 1 heterocycles. The highest BCUT2D eigenvalue weighted by molar-refractivity contribution is 8.18. The SMILES string of the molecule is C=CCN1C(=O)SC(=Cc2ccc(OC)c(OCC)c2)C1=O. The van der Waals surface area contributed by atoms with Gasteiger partial charge in [-0.2, -0.15) is 0 Å². The highest BCUT2D eigenvalue weighted by atomic mass is 32.2. The molecule has 0 aromatic heterocycles. The first-order valence-electron chi connectivity index (χ1n) is 6.77. The van der Waals surface area contributed by atoms with Crippen LogP contribution in [0.25, 0.3) is 6.08 Å². The Bertz CT molecular complexity index is 639. The summed E-state index contributed by atoms with van der Waals surface area (Å²) in [6.07, 6.45) is 3.20. The van der Waals surface area contributed by atoms with Crippen molar-refractivity contribution in [2.75, 3.05) is 20.3 Å². The fourth-order valence-corrected chi connectivity index (χ4v) is 2.84. The Balaban J connectivity index is 2.29. The lowest BCUT2D eigenvalue weighted by Gasteiger charge is -2.10. The summed E-state index contributed by atoms with van der Waals surface area (Å²) in [5.41, 5.74) is 0.772. The Morgan fingerprint density at radius 3 is 2.73 bits per heavy atom. The predicted octanol–water partition coefficient (Wildman–Crippen LogP) is 3.32. The molecule has 0 unspecified atom stereocenters. The molecule has 0 radical (unpaired) electrons. The van der Waals surface area contributed by atoms with E-state index in [2.05, 4.69) is 6.58 Å². The van der Waals surface area contributed by atoms with Gasteiger partial charge in [-0.3, -0.25) is 14.5 Å². The number of imide groups is 1. The van der Waals surface area contributed by atoms with Crippen molar-refractivity contribution in [3.63, 3.8) is 0 Å². The van der Waals surface area contributed by atoms with Gasteiger partial charge in [-0.1, -0.05) is 12.1 Å². The van der Waals surface area contributed by atoms with E-state index in [4.69, 9.17) is 9.47 Å². The molecule has 0 saturated carbocycles. The number of carbonyl (C=O) groups excluding carboxylic acids is 2. The normalized spacial score (nSPS) is 16.3. The molecule has 22 heavy (non-hydrogen) atoms. The van der Waals surface area contributed by atoms with Gasteiger partial charge in [0.1, 0.15) is 0 Å². The number of hydrogen-bond acceptors (Lipinski definition) is 5. The van der Waals surface area contributed by atoms with E-state index in [9.17, 15) is 9.59 Å². The van der Waals surface area contributed by atoms with Crippen molar-refractivity contribution < 1.29 is 19.1 Å². The summed E-state index contributed by atoms with van der Waals surface area (Å²) in [7, 11) is 1.57. The lowest BCUT2D eigenvalue weighted by molar-refractivity contribution is -0.122. The minimum atomic E-state index is -0.302. The molecule has 6 heteroatoms. The Morgan fingerprint density at radius 2 is 2.09 bits per heavy atom. The molecule has 5 nitrogen and oxygen atoms in total. The summed E-state index contributed by atoms with van der Waals surface area (Å²) in [5, 5.41) is -0.283. The van der Waals surface area contributed by atoms with Gasteiger partial charge >= 0.3 is 0 Å². The fraction of sp³-hybridized carbons (Fsp3) is 0.250. The quantitative estimate of drug-likeness (QED) is 0.595. The van der Waals surface area contributed by atoms with E-state index in [1.54, 1.807) is 25.3 Å². The molecule has 1 fully saturated rings. The van der Waals surface area contributed by atoms with Crippen molar-refractivity contribution in [1.29, 1.82) is 0 Å². The summed E-state index contributed by atoms with van der Waals surface area (Å²) < 4.78 is 10.7. The van der Waals surface area contributed by atoms with Gasteiger partial charge in [0.15, 0.2) is 11.5 Å². The largest absolute Gasteiger partial charge is 0.493 e. The highest BCUT2D eigenvalue weighted by Gasteiger charge is 2.34. The van der Waals surface area contributed by atoms with Gasteiger partial charge in [0.2, 0.25) is 0 Å². The van der Waals surface area contributed by atoms with E-state index >= 15 is 0 Å². The zero-order valence-corrected chi connectivity index (χ0v) is 13.3. The second-order valence-electron chi connectivity index (χ2n) is 4.42. The number of carbonyl (C=O) groups is 2. The molecule has 0 N–H and O–H groups in total. The van der Waals surface area contributed by atoms with Gasteiger partial charge in [0.05, 0.1) is 18.6 Å². The molecular weight excluding hydrogens is 302 g/mol. The average molecular weight is 319 g/mol. The van der Waals surface area contributed by atoms with Crippen molar-refractivity contribution in [2.24, 2.45) is 0 Å². The fourth-order valence-electron chi connectivity index (χ4n) is 1.99. The Kier molecular flexibility index (Phi) is 5.27. The molecule has 0 bridgehead atoms. The van der Waals surface area contributed by atoms with Crippen molar-refractivity contribution in [3.8, 4) is 11.5 Å². The van der Waals surface area contributed by atoms with Crippen LogP contribution in [0.15, 0.2) is 35.8 Å². The van der Waals surface area contributed by atoms with E-state index < -0.39 is 0 Å². The maximum Gasteiger partial charge on any atom is 0.293 e. The van der Waals surface area contributed by atoms with E-state index in [0.717, 1.165) is 22.2 Å².